The molecule has 0 fully saturated rings. The highest BCUT2D eigenvalue weighted by molar-refractivity contribution is 5.94. The van der Waals surface area contributed by atoms with Crippen molar-refractivity contribution in [2.75, 3.05) is 6.54 Å². The van der Waals surface area contributed by atoms with E-state index in [4.69, 9.17) is 10.9 Å². The molecule has 0 bridgehead atoms. The van der Waals surface area contributed by atoms with Gasteiger partial charge in [-0.25, -0.2) is 4.39 Å². The first kappa shape index (κ1) is 14.0. The Morgan fingerprint density at radius 1 is 1.56 bits per heavy atom. The van der Waals surface area contributed by atoms with Crippen molar-refractivity contribution in [3.05, 3.63) is 35.1 Å². The molecule has 5 nitrogen and oxygen atoms in total. The lowest BCUT2D eigenvalue weighted by Crippen LogP contribution is -2.26. The van der Waals surface area contributed by atoms with E-state index in [0.717, 1.165) is 5.56 Å². The van der Waals surface area contributed by atoms with Gasteiger partial charge in [0.25, 0.3) is 5.91 Å². The van der Waals surface area contributed by atoms with Crippen LogP contribution < -0.4 is 11.1 Å². The number of nitrogens with one attached hydrogen (secondary N) is 1. The number of amidine groups is 1. The van der Waals surface area contributed by atoms with Crippen molar-refractivity contribution in [2.24, 2.45) is 10.9 Å². The molecule has 0 radical (unpaired) electrons. The van der Waals surface area contributed by atoms with Gasteiger partial charge in [0.15, 0.2) is 0 Å². The van der Waals surface area contributed by atoms with E-state index >= 15 is 0 Å². The normalized spacial score (nSPS) is 11.3. The molecule has 6 heteroatoms. The average molecular weight is 253 g/mol. The maximum Gasteiger partial charge on any atom is 0.254 e. The summed E-state index contributed by atoms with van der Waals surface area (Å²) in [6.07, 6.45) is 0.891. The van der Waals surface area contributed by atoms with E-state index in [1.807, 2.05) is 0 Å². The molecule has 0 aromatic heterocycles. The number of oxime groups is 1. The van der Waals surface area contributed by atoms with Crippen LogP contribution in [0.2, 0.25) is 0 Å². The van der Waals surface area contributed by atoms with Gasteiger partial charge in [0.2, 0.25) is 0 Å². The number of carbonyl (C=O) groups is 1. The molecule has 1 amide bonds. The Labute approximate surface area is 104 Å². The second-order valence-electron chi connectivity index (χ2n) is 3.93. The molecule has 1 aromatic rings. The largest absolute Gasteiger partial charge is 0.409 e. The molecular formula is C12H16FN3O2. The number of nitrogens with two attached hydrogens (primary N) is 1. The van der Waals surface area contributed by atoms with E-state index in [-0.39, 0.29) is 11.4 Å². The summed E-state index contributed by atoms with van der Waals surface area (Å²) in [6.45, 7) is 2.12. The summed E-state index contributed by atoms with van der Waals surface area (Å²) < 4.78 is 13.4. The molecule has 0 saturated carbocycles. The van der Waals surface area contributed by atoms with Crippen LogP contribution in [0, 0.1) is 12.7 Å². The zero-order valence-corrected chi connectivity index (χ0v) is 10.1. The van der Waals surface area contributed by atoms with Gasteiger partial charge in [0.05, 0.1) is 5.56 Å². The molecule has 1 rings (SSSR count). The maximum absolute atomic E-state index is 13.4. The molecule has 0 atom stereocenters. The van der Waals surface area contributed by atoms with Crippen molar-refractivity contribution < 1.29 is 14.4 Å². The fourth-order valence-electron chi connectivity index (χ4n) is 1.43. The van der Waals surface area contributed by atoms with Crippen LogP contribution in [0.25, 0.3) is 0 Å². The van der Waals surface area contributed by atoms with Gasteiger partial charge in [0.1, 0.15) is 11.7 Å². The molecule has 4 N–H and O–H groups in total. The summed E-state index contributed by atoms with van der Waals surface area (Å²) in [5.41, 5.74) is 6.12. The van der Waals surface area contributed by atoms with Gasteiger partial charge >= 0.3 is 0 Å². The predicted molar refractivity (Wildman–Crippen MR) is 66.1 cm³/mol. The van der Waals surface area contributed by atoms with Crippen LogP contribution in [-0.2, 0) is 0 Å². The van der Waals surface area contributed by atoms with Crippen molar-refractivity contribution in [2.45, 2.75) is 19.8 Å². The number of benzene rings is 1. The highest BCUT2D eigenvalue weighted by Crippen LogP contribution is 2.09. The molecule has 0 aliphatic rings. The Balaban J connectivity index is 2.48. The molecule has 0 aliphatic heterocycles. The SMILES string of the molecule is Cc1ccc(F)c(C(=O)NCCCC(N)=NO)c1. The number of hydrogen-bond acceptors (Lipinski definition) is 3. The van der Waals surface area contributed by atoms with Crippen LogP contribution in [-0.4, -0.2) is 23.5 Å². The Bertz CT molecular complexity index is 461. The maximum atomic E-state index is 13.4. The highest BCUT2D eigenvalue weighted by Gasteiger charge is 2.10. The first-order chi connectivity index (χ1) is 8.54. The van der Waals surface area contributed by atoms with Gasteiger partial charge in [-0.15, -0.1) is 0 Å². The number of carbonyl (C=O) groups excluding carboxylic acids is 1. The molecule has 0 heterocycles. The molecule has 1 aromatic carbocycles. The van der Waals surface area contributed by atoms with Crippen molar-refractivity contribution in [1.82, 2.24) is 5.32 Å². The third-order valence-corrected chi connectivity index (χ3v) is 2.39. The highest BCUT2D eigenvalue weighted by atomic mass is 19.1. The summed E-state index contributed by atoms with van der Waals surface area (Å²) in [6, 6.07) is 4.36. The van der Waals surface area contributed by atoms with Crippen molar-refractivity contribution in [1.29, 1.82) is 0 Å². The summed E-state index contributed by atoms with van der Waals surface area (Å²) >= 11 is 0. The van der Waals surface area contributed by atoms with Crippen molar-refractivity contribution in [3.63, 3.8) is 0 Å². The second kappa shape index (κ2) is 6.58. The lowest BCUT2D eigenvalue weighted by molar-refractivity contribution is 0.0949. The molecule has 0 unspecified atom stereocenters. The lowest BCUT2D eigenvalue weighted by atomic mass is 10.1. The third kappa shape index (κ3) is 4.04. The van der Waals surface area contributed by atoms with Gasteiger partial charge in [0, 0.05) is 13.0 Å². The first-order valence-electron chi connectivity index (χ1n) is 5.55. The van der Waals surface area contributed by atoms with E-state index in [9.17, 15) is 9.18 Å². The smallest absolute Gasteiger partial charge is 0.254 e. The number of rotatable bonds is 5. The van der Waals surface area contributed by atoms with Gasteiger partial charge in [-0.05, 0) is 25.5 Å². The van der Waals surface area contributed by atoms with Crippen LogP contribution >= 0.6 is 0 Å². The zero-order chi connectivity index (χ0) is 13.5. The minimum atomic E-state index is -0.547. The minimum Gasteiger partial charge on any atom is -0.409 e. The second-order valence-corrected chi connectivity index (χ2v) is 3.93. The summed E-state index contributed by atoms with van der Waals surface area (Å²) in [7, 11) is 0. The monoisotopic (exact) mass is 253 g/mol. The van der Waals surface area contributed by atoms with Gasteiger partial charge in [-0.1, -0.05) is 16.8 Å². The summed E-state index contributed by atoms with van der Waals surface area (Å²) in [5, 5.41) is 13.7. The van der Waals surface area contributed by atoms with Crippen LogP contribution in [0.1, 0.15) is 28.8 Å². The fourth-order valence-corrected chi connectivity index (χ4v) is 1.43. The topological polar surface area (TPSA) is 87.7 Å². The van der Waals surface area contributed by atoms with Crippen LogP contribution in [0.15, 0.2) is 23.4 Å². The van der Waals surface area contributed by atoms with Gasteiger partial charge in [-0.2, -0.15) is 0 Å². The van der Waals surface area contributed by atoms with E-state index in [1.165, 1.54) is 12.1 Å². The number of amides is 1. The lowest BCUT2D eigenvalue weighted by Gasteiger charge is -2.06. The van der Waals surface area contributed by atoms with E-state index in [2.05, 4.69) is 10.5 Å². The van der Waals surface area contributed by atoms with Crippen LogP contribution in [0.5, 0.6) is 0 Å². The van der Waals surface area contributed by atoms with E-state index < -0.39 is 11.7 Å². The number of aryl methyl sites for hydroxylation is 1. The predicted octanol–water partition coefficient (Wildman–Crippen LogP) is 1.39. The fraction of sp³-hybridized carbons (Fsp3) is 0.333. The molecular weight excluding hydrogens is 237 g/mol. The third-order valence-electron chi connectivity index (χ3n) is 2.39. The molecule has 98 valence electrons. The van der Waals surface area contributed by atoms with Gasteiger partial charge in [-0.3, -0.25) is 4.79 Å². The number of nitrogens with zero attached hydrogens (tertiary/aromatic N) is 1. The Hall–Kier alpha value is -2.11. The standard InChI is InChI=1S/C12H16FN3O2/c1-8-4-5-10(13)9(7-8)12(17)15-6-2-3-11(14)16-18/h4-5,7,18H,2-3,6H2,1H3,(H2,14,16)(H,15,17). The van der Waals surface area contributed by atoms with Crippen LogP contribution in [0.3, 0.4) is 0 Å². The van der Waals surface area contributed by atoms with E-state index in [1.54, 1.807) is 13.0 Å². The van der Waals surface area contributed by atoms with Crippen molar-refractivity contribution >= 4 is 11.7 Å². The number of halogens is 1. The van der Waals surface area contributed by atoms with Crippen LogP contribution in [0.4, 0.5) is 4.39 Å². The van der Waals surface area contributed by atoms with Gasteiger partial charge < -0.3 is 16.3 Å². The van der Waals surface area contributed by atoms with E-state index in [0.29, 0.717) is 19.4 Å². The first-order valence-corrected chi connectivity index (χ1v) is 5.55. The Kier molecular flexibility index (Phi) is 5.10. The van der Waals surface area contributed by atoms with Crippen molar-refractivity contribution in [3.8, 4) is 0 Å². The minimum absolute atomic E-state index is 0.0267. The summed E-state index contributed by atoms with van der Waals surface area (Å²) in [4.78, 5) is 11.7. The molecule has 0 saturated heterocycles. The molecule has 0 aliphatic carbocycles. The quantitative estimate of drug-likeness (QED) is 0.243. The molecule has 18 heavy (non-hydrogen) atoms. The number of hydrogen-bond donors (Lipinski definition) is 3. The Morgan fingerprint density at radius 2 is 2.28 bits per heavy atom. The zero-order valence-electron chi connectivity index (χ0n) is 10.1. The summed E-state index contributed by atoms with van der Waals surface area (Å²) in [5.74, 6) is -0.906. The average Bonchev–Trinajstić information content (AvgIpc) is 2.36. The Morgan fingerprint density at radius 3 is 2.94 bits per heavy atom. The molecule has 0 spiro atoms.